The Labute approximate surface area is 152 Å². The summed E-state index contributed by atoms with van der Waals surface area (Å²) in [7, 11) is 0. The average molecular weight is 344 g/mol. The lowest BCUT2D eigenvalue weighted by atomic mass is 10.2. The van der Waals surface area contributed by atoms with E-state index in [0.717, 1.165) is 16.8 Å². The first-order valence-electron chi connectivity index (χ1n) is 8.35. The number of aliphatic imine (C=N–C) groups is 1. The van der Waals surface area contributed by atoms with E-state index in [4.69, 9.17) is 0 Å². The van der Waals surface area contributed by atoms with Crippen LogP contribution < -0.4 is 10.6 Å². The molecule has 0 saturated carbocycles. The first-order valence-corrected chi connectivity index (χ1v) is 8.35. The van der Waals surface area contributed by atoms with E-state index >= 15 is 0 Å². The normalized spacial score (nSPS) is 11.0. The van der Waals surface area contributed by atoms with Crippen LogP contribution in [0, 0.1) is 6.92 Å². The molecule has 0 radical (unpaired) electrons. The van der Waals surface area contributed by atoms with Crippen molar-refractivity contribution in [3.05, 3.63) is 95.8 Å². The van der Waals surface area contributed by atoms with Crippen LogP contribution >= 0.6 is 0 Å². The lowest BCUT2D eigenvalue weighted by Gasteiger charge is -2.13. The van der Waals surface area contributed by atoms with Crippen molar-refractivity contribution in [3.8, 4) is 0 Å². The minimum Gasteiger partial charge on any atom is -0.326 e. The predicted molar refractivity (Wildman–Crippen MR) is 104 cm³/mol. The van der Waals surface area contributed by atoms with Gasteiger partial charge in [0.05, 0.1) is 6.54 Å². The monoisotopic (exact) mass is 344 g/mol. The maximum atomic E-state index is 12.5. The summed E-state index contributed by atoms with van der Waals surface area (Å²) in [6, 6.07) is 20.7. The average Bonchev–Trinajstić information content (AvgIpc) is 2.69. The number of hydrogen-bond donors (Lipinski definition) is 2. The number of carbonyl (C=O) groups excluding carboxylic acids is 1. The molecular weight excluding hydrogens is 324 g/mol. The minimum absolute atomic E-state index is 0.208. The molecule has 0 atom stereocenters. The predicted octanol–water partition coefficient (Wildman–Crippen LogP) is 3.79. The number of para-hydroxylation sites is 1. The number of benzene rings is 2. The summed E-state index contributed by atoms with van der Waals surface area (Å²) in [4.78, 5) is 21.0. The maximum absolute atomic E-state index is 12.5. The van der Waals surface area contributed by atoms with Gasteiger partial charge in [0.1, 0.15) is 0 Å². The topological polar surface area (TPSA) is 66.4 Å². The quantitative estimate of drug-likeness (QED) is 0.559. The summed E-state index contributed by atoms with van der Waals surface area (Å²) in [5.41, 5.74) is 3.56. The van der Waals surface area contributed by atoms with Gasteiger partial charge in [-0.25, -0.2) is 4.99 Å². The Kier molecular flexibility index (Phi) is 5.72. The van der Waals surface area contributed by atoms with Crippen LogP contribution in [-0.4, -0.2) is 16.9 Å². The fraction of sp³-hybridized carbons (Fsp3) is 0.0952. The third-order valence-corrected chi connectivity index (χ3v) is 3.84. The van der Waals surface area contributed by atoms with E-state index in [9.17, 15) is 4.79 Å². The van der Waals surface area contributed by atoms with Gasteiger partial charge in [-0.3, -0.25) is 15.1 Å². The molecule has 0 aliphatic carbocycles. The third-order valence-electron chi connectivity index (χ3n) is 3.84. The standard InChI is InChI=1S/C21H20N4O/c1-16-7-5-6-10-19(16)24-21(23-15-17-11-13-22-14-12-17)25-20(26)18-8-3-2-4-9-18/h2-14H,15H2,1H3,(H2,23,24,25,26). The van der Waals surface area contributed by atoms with Gasteiger partial charge in [0.25, 0.3) is 5.91 Å². The number of nitrogens with one attached hydrogen (secondary N) is 2. The molecule has 0 bridgehead atoms. The Balaban J connectivity index is 1.81. The maximum Gasteiger partial charge on any atom is 0.257 e. The minimum atomic E-state index is -0.208. The number of aromatic nitrogens is 1. The second-order valence-electron chi connectivity index (χ2n) is 5.78. The van der Waals surface area contributed by atoms with Gasteiger partial charge >= 0.3 is 0 Å². The Morgan fingerprint density at radius 3 is 2.38 bits per heavy atom. The summed E-state index contributed by atoms with van der Waals surface area (Å²) in [5.74, 6) is 0.199. The summed E-state index contributed by atoms with van der Waals surface area (Å²) >= 11 is 0. The van der Waals surface area contributed by atoms with E-state index in [1.165, 1.54) is 0 Å². The number of hydrogen-bond acceptors (Lipinski definition) is 3. The number of guanidine groups is 1. The third kappa shape index (κ3) is 4.77. The van der Waals surface area contributed by atoms with Gasteiger partial charge in [0.2, 0.25) is 5.96 Å². The summed E-state index contributed by atoms with van der Waals surface area (Å²) < 4.78 is 0. The van der Waals surface area contributed by atoms with E-state index in [1.54, 1.807) is 24.5 Å². The van der Waals surface area contributed by atoms with Gasteiger partial charge in [-0.1, -0.05) is 36.4 Å². The second-order valence-corrected chi connectivity index (χ2v) is 5.78. The van der Waals surface area contributed by atoms with E-state index < -0.39 is 0 Å². The Morgan fingerprint density at radius 1 is 0.962 bits per heavy atom. The smallest absolute Gasteiger partial charge is 0.257 e. The molecule has 0 aliphatic rings. The first-order chi connectivity index (χ1) is 12.7. The highest BCUT2D eigenvalue weighted by atomic mass is 16.1. The van der Waals surface area contributed by atoms with Crippen LogP contribution in [0.25, 0.3) is 0 Å². The molecule has 5 nitrogen and oxygen atoms in total. The van der Waals surface area contributed by atoms with E-state index in [0.29, 0.717) is 18.1 Å². The molecule has 2 N–H and O–H groups in total. The molecule has 1 heterocycles. The number of aryl methyl sites for hydroxylation is 1. The van der Waals surface area contributed by atoms with E-state index in [2.05, 4.69) is 20.6 Å². The Morgan fingerprint density at radius 2 is 1.65 bits per heavy atom. The lowest BCUT2D eigenvalue weighted by Crippen LogP contribution is -2.36. The number of amides is 1. The molecule has 3 aromatic rings. The van der Waals surface area contributed by atoms with Crippen molar-refractivity contribution in [2.24, 2.45) is 4.99 Å². The van der Waals surface area contributed by atoms with Gasteiger partial charge in [0.15, 0.2) is 0 Å². The zero-order chi connectivity index (χ0) is 18.2. The number of rotatable bonds is 4. The van der Waals surface area contributed by atoms with Gasteiger partial charge in [-0.05, 0) is 48.4 Å². The van der Waals surface area contributed by atoms with Gasteiger partial charge in [-0.15, -0.1) is 0 Å². The fourth-order valence-corrected chi connectivity index (χ4v) is 2.38. The molecule has 2 aromatic carbocycles. The van der Waals surface area contributed by atoms with Gasteiger partial charge in [-0.2, -0.15) is 0 Å². The highest BCUT2D eigenvalue weighted by Gasteiger charge is 2.09. The van der Waals surface area contributed by atoms with Crippen LogP contribution in [0.4, 0.5) is 5.69 Å². The Bertz CT molecular complexity index is 892. The van der Waals surface area contributed by atoms with Crippen LogP contribution in [0.2, 0.25) is 0 Å². The van der Waals surface area contributed by atoms with Crippen LogP contribution in [0.15, 0.2) is 84.1 Å². The van der Waals surface area contributed by atoms with E-state index in [-0.39, 0.29) is 5.91 Å². The van der Waals surface area contributed by atoms with Gasteiger partial charge < -0.3 is 5.32 Å². The van der Waals surface area contributed by atoms with Crippen molar-refractivity contribution in [3.63, 3.8) is 0 Å². The van der Waals surface area contributed by atoms with Crippen LogP contribution in [0.5, 0.6) is 0 Å². The van der Waals surface area contributed by atoms with Gasteiger partial charge in [0, 0.05) is 23.6 Å². The molecule has 0 unspecified atom stereocenters. The molecule has 0 spiro atoms. The summed E-state index contributed by atoms with van der Waals surface area (Å²) in [6.45, 7) is 2.44. The number of nitrogens with zero attached hydrogens (tertiary/aromatic N) is 2. The van der Waals surface area contributed by atoms with Crippen molar-refractivity contribution in [1.29, 1.82) is 0 Å². The van der Waals surface area contributed by atoms with E-state index in [1.807, 2.05) is 61.5 Å². The molecule has 0 aliphatic heterocycles. The van der Waals surface area contributed by atoms with Crippen molar-refractivity contribution in [2.45, 2.75) is 13.5 Å². The molecule has 1 amide bonds. The van der Waals surface area contributed by atoms with Crippen molar-refractivity contribution in [2.75, 3.05) is 5.32 Å². The molecular formula is C21H20N4O. The van der Waals surface area contributed by atoms with Crippen molar-refractivity contribution in [1.82, 2.24) is 10.3 Å². The molecule has 0 saturated heterocycles. The number of anilines is 1. The molecule has 26 heavy (non-hydrogen) atoms. The SMILES string of the molecule is Cc1ccccc1NC(=NCc1ccncc1)NC(=O)c1ccccc1. The highest BCUT2D eigenvalue weighted by molar-refractivity contribution is 6.10. The van der Waals surface area contributed by atoms with Crippen LogP contribution in [0.1, 0.15) is 21.5 Å². The van der Waals surface area contributed by atoms with Crippen LogP contribution in [0.3, 0.4) is 0 Å². The second kappa shape index (κ2) is 8.58. The Hall–Kier alpha value is -3.47. The summed E-state index contributed by atoms with van der Waals surface area (Å²) in [6.07, 6.45) is 3.45. The lowest BCUT2D eigenvalue weighted by molar-refractivity contribution is 0.0977. The summed E-state index contributed by atoms with van der Waals surface area (Å²) in [5, 5.41) is 6.08. The first kappa shape index (κ1) is 17.4. The molecule has 130 valence electrons. The molecule has 1 aromatic heterocycles. The van der Waals surface area contributed by atoms with Crippen LogP contribution in [-0.2, 0) is 6.54 Å². The van der Waals surface area contributed by atoms with Crippen molar-refractivity contribution >= 4 is 17.6 Å². The zero-order valence-electron chi connectivity index (χ0n) is 14.5. The molecule has 3 rings (SSSR count). The highest BCUT2D eigenvalue weighted by Crippen LogP contribution is 2.13. The molecule has 0 fully saturated rings. The molecule has 5 heteroatoms. The fourth-order valence-electron chi connectivity index (χ4n) is 2.38. The van der Waals surface area contributed by atoms with Crippen molar-refractivity contribution < 1.29 is 4.79 Å². The number of carbonyl (C=O) groups is 1. The largest absolute Gasteiger partial charge is 0.326 e. The number of pyridine rings is 1. The zero-order valence-corrected chi connectivity index (χ0v) is 14.5.